The molecule has 1 rings (SSSR count). The van der Waals surface area contributed by atoms with E-state index in [9.17, 15) is 10.2 Å². The summed E-state index contributed by atoms with van der Waals surface area (Å²) >= 11 is 3.14. The summed E-state index contributed by atoms with van der Waals surface area (Å²) in [5.41, 5.74) is 0.491. The topological polar surface area (TPSA) is 69.9 Å². The fourth-order valence-electron chi connectivity index (χ4n) is 1.16. The molecule has 1 aromatic carbocycles. The molecule has 0 spiro atoms. The first-order valence-electron chi connectivity index (χ1n) is 4.54. The highest BCUT2D eigenvalue weighted by Gasteiger charge is 2.13. The second-order valence-corrected chi connectivity index (χ2v) is 3.84. The number of phenolic OH excluding ortho intramolecular Hbond substituents is 1. The van der Waals surface area contributed by atoms with Crippen molar-refractivity contribution >= 4 is 15.9 Å². The van der Waals surface area contributed by atoms with E-state index in [0.29, 0.717) is 16.6 Å². The van der Waals surface area contributed by atoms with Crippen LogP contribution >= 0.6 is 15.9 Å². The third kappa shape index (κ3) is 2.84. The summed E-state index contributed by atoms with van der Waals surface area (Å²) in [6, 6.07) is 3.04. The molecule has 0 radical (unpaired) electrons. The largest absolute Gasteiger partial charge is 0.503 e. The average Bonchev–Trinajstić information content (AvgIpc) is 2.23. The van der Waals surface area contributed by atoms with Crippen molar-refractivity contribution in [2.75, 3.05) is 13.2 Å². The summed E-state index contributed by atoms with van der Waals surface area (Å²) < 4.78 is 5.61. The third-order valence-corrected chi connectivity index (χ3v) is 2.51. The Labute approximate surface area is 96.3 Å². The quantitative estimate of drug-likeness (QED) is 0.781. The van der Waals surface area contributed by atoms with Gasteiger partial charge in [0, 0.05) is 0 Å². The van der Waals surface area contributed by atoms with Crippen LogP contribution in [0.15, 0.2) is 16.6 Å². The Morgan fingerprint density at radius 1 is 1.47 bits per heavy atom. The fraction of sp³-hybridized carbons (Fsp3) is 0.400. The van der Waals surface area contributed by atoms with Crippen LogP contribution < -0.4 is 4.74 Å². The Morgan fingerprint density at radius 3 is 2.67 bits per heavy atom. The smallest absolute Gasteiger partial charge is 0.172 e. The number of benzene rings is 1. The lowest BCUT2D eigenvalue weighted by Gasteiger charge is -2.12. The van der Waals surface area contributed by atoms with Crippen molar-refractivity contribution in [2.24, 2.45) is 0 Å². The fourth-order valence-corrected chi connectivity index (χ4v) is 1.62. The zero-order chi connectivity index (χ0) is 11.4. The average molecular weight is 277 g/mol. The number of hydrogen-bond acceptors (Lipinski definition) is 4. The van der Waals surface area contributed by atoms with Crippen LogP contribution in [0.3, 0.4) is 0 Å². The summed E-state index contributed by atoms with van der Waals surface area (Å²) in [6.45, 7) is 1.84. The first-order valence-corrected chi connectivity index (χ1v) is 5.33. The van der Waals surface area contributed by atoms with Crippen LogP contribution in [0.1, 0.15) is 18.6 Å². The van der Waals surface area contributed by atoms with Crippen molar-refractivity contribution in [1.29, 1.82) is 0 Å². The predicted molar refractivity (Wildman–Crippen MR) is 59.0 cm³/mol. The number of halogens is 1. The van der Waals surface area contributed by atoms with Crippen molar-refractivity contribution in [1.82, 2.24) is 0 Å². The number of aliphatic hydroxyl groups is 2. The van der Waals surface area contributed by atoms with Gasteiger partial charge in [-0.05, 0) is 40.5 Å². The number of aliphatic hydroxyl groups excluding tert-OH is 2. The van der Waals surface area contributed by atoms with Crippen LogP contribution in [0.4, 0.5) is 0 Å². The van der Waals surface area contributed by atoms with Crippen molar-refractivity contribution < 1.29 is 20.1 Å². The predicted octanol–water partition coefficient (Wildman–Crippen LogP) is 1.58. The third-order valence-electron chi connectivity index (χ3n) is 1.91. The number of ether oxygens (including phenoxy) is 1. The van der Waals surface area contributed by atoms with E-state index < -0.39 is 6.10 Å². The second kappa shape index (κ2) is 5.34. The molecule has 0 aromatic heterocycles. The number of hydrogen-bond donors (Lipinski definition) is 3. The van der Waals surface area contributed by atoms with Crippen molar-refractivity contribution in [3.05, 3.63) is 22.2 Å². The molecule has 0 aliphatic carbocycles. The molecule has 0 saturated heterocycles. The zero-order valence-electron chi connectivity index (χ0n) is 8.27. The molecular weight excluding hydrogens is 264 g/mol. The van der Waals surface area contributed by atoms with E-state index in [1.165, 1.54) is 6.07 Å². The number of aromatic hydroxyl groups is 1. The van der Waals surface area contributed by atoms with Crippen LogP contribution in [0.2, 0.25) is 0 Å². The summed E-state index contributed by atoms with van der Waals surface area (Å²) in [7, 11) is 0. The van der Waals surface area contributed by atoms with Gasteiger partial charge in [0.15, 0.2) is 11.5 Å². The molecule has 84 valence electrons. The van der Waals surface area contributed by atoms with Crippen LogP contribution in [0.25, 0.3) is 0 Å². The van der Waals surface area contributed by atoms with E-state index >= 15 is 0 Å². The molecule has 1 aromatic rings. The van der Waals surface area contributed by atoms with Crippen molar-refractivity contribution in [3.8, 4) is 11.5 Å². The number of rotatable bonds is 4. The molecular formula is C10H13BrO4. The lowest BCUT2D eigenvalue weighted by atomic mass is 10.1. The highest BCUT2D eigenvalue weighted by atomic mass is 79.9. The van der Waals surface area contributed by atoms with E-state index in [2.05, 4.69) is 15.9 Å². The van der Waals surface area contributed by atoms with Gasteiger partial charge < -0.3 is 20.1 Å². The second-order valence-electron chi connectivity index (χ2n) is 2.98. The molecule has 0 aliphatic rings. The monoisotopic (exact) mass is 276 g/mol. The minimum absolute atomic E-state index is 0.00857. The van der Waals surface area contributed by atoms with E-state index in [0.717, 1.165) is 0 Å². The van der Waals surface area contributed by atoms with Gasteiger partial charge in [-0.15, -0.1) is 0 Å². The van der Waals surface area contributed by atoms with Crippen molar-refractivity contribution in [2.45, 2.75) is 13.0 Å². The molecule has 1 atom stereocenters. The van der Waals surface area contributed by atoms with Gasteiger partial charge in [0.05, 0.1) is 17.7 Å². The summed E-state index contributed by atoms with van der Waals surface area (Å²) in [5.74, 6) is 0.278. The first kappa shape index (κ1) is 12.3. The summed E-state index contributed by atoms with van der Waals surface area (Å²) in [5, 5.41) is 27.8. The lowest BCUT2D eigenvalue weighted by Crippen LogP contribution is -2.03. The van der Waals surface area contributed by atoms with Crippen LogP contribution in [-0.4, -0.2) is 28.5 Å². The highest BCUT2D eigenvalue weighted by Crippen LogP contribution is 2.36. The Morgan fingerprint density at radius 2 is 2.13 bits per heavy atom. The first-order chi connectivity index (χ1) is 7.10. The summed E-state index contributed by atoms with van der Waals surface area (Å²) in [6.07, 6.45) is -0.971. The van der Waals surface area contributed by atoms with Gasteiger partial charge in [0.25, 0.3) is 0 Å². The normalized spacial score (nSPS) is 12.5. The molecule has 0 aliphatic heterocycles. The highest BCUT2D eigenvalue weighted by molar-refractivity contribution is 9.10. The van der Waals surface area contributed by atoms with Gasteiger partial charge in [-0.2, -0.15) is 0 Å². The van der Waals surface area contributed by atoms with E-state index in [-0.39, 0.29) is 18.1 Å². The Kier molecular flexibility index (Phi) is 4.38. The molecule has 0 heterocycles. The van der Waals surface area contributed by atoms with Crippen molar-refractivity contribution in [3.63, 3.8) is 0 Å². The molecule has 0 amide bonds. The standard InChI is InChI=1S/C10H13BrO4/c1-2-15-9-4-6(8(13)5-12)3-7(11)10(9)14/h3-4,8,12-14H,2,5H2,1H3. The van der Waals surface area contributed by atoms with Crippen LogP contribution in [0, 0.1) is 0 Å². The Hall–Kier alpha value is -0.780. The Bertz CT molecular complexity index is 340. The van der Waals surface area contributed by atoms with Gasteiger partial charge in [0.1, 0.15) is 6.10 Å². The van der Waals surface area contributed by atoms with Gasteiger partial charge >= 0.3 is 0 Å². The molecule has 4 nitrogen and oxygen atoms in total. The minimum Gasteiger partial charge on any atom is -0.503 e. The molecule has 1 unspecified atom stereocenters. The molecule has 5 heteroatoms. The van der Waals surface area contributed by atoms with Gasteiger partial charge in [-0.25, -0.2) is 0 Å². The van der Waals surface area contributed by atoms with Gasteiger partial charge in [-0.1, -0.05) is 0 Å². The molecule has 15 heavy (non-hydrogen) atoms. The molecule has 0 fully saturated rings. The SMILES string of the molecule is CCOc1cc(C(O)CO)cc(Br)c1O. The number of phenols is 1. The van der Waals surface area contributed by atoms with Gasteiger partial charge in [0.2, 0.25) is 0 Å². The zero-order valence-corrected chi connectivity index (χ0v) is 9.86. The maximum Gasteiger partial charge on any atom is 0.172 e. The Balaban J connectivity index is 3.11. The van der Waals surface area contributed by atoms with E-state index in [1.54, 1.807) is 13.0 Å². The van der Waals surface area contributed by atoms with E-state index in [4.69, 9.17) is 9.84 Å². The van der Waals surface area contributed by atoms with E-state index in [1.807, 2.05) is 0 Å². The molecule has 0 saturated carbocycles. The maximum absolute atomic E-state index is 9.59. The lowest BCUT2D eigenvalue weighted by molar-refractivity contribution is 0.0952. The maximum atomic E-state index is 9.59. The van der Waals surface area contributed by atoms with Crippen LogP contribution in [-0.2, 0) is 0 Å². The van der Waals surface area contributed by atoms with Gasteiger partial charge in [-0.3, -0.25) is 0 Å². The molecule has 3 N–H and O–H groups in total. The minimum atomic E-state index is -0.971. The summed E-state index contributed by atoms with van der Waals surface area (Å²) in [4.78, 5) is 0. The van der Waals surface area contributed by atoms with Crippen LogP contribution in [0.5, 0.6) is 11.5 Å². The molecule has 0 bridgehead atoms.